The van der Waals surface area contributed by atoms with Crippen LogP contribution in [0.5, 0.6) is 0 Å². The van der Waals surface area contributed by atoms with Gasteiger partial charge in [-0.3, -0.25) is 14.4 Å². The molecule has 94 valence electrons. The Morgan fingerprint density at radius 2 is 2.24 bits per heavy atom. The maximum Gasteiger partial charge on any atom is 0.252 e. The van der Waals surface area contributed by atoms with E-state index in [1.54, 1.807) is 0 Å². The fraction of sp³-hybridized carbons (Fsp3) is 0.700. The predicted octanol–water partition coefficient (Wildman–Crippen LogP) is -2.10. The standard InChI is InChI=1S/C10H15N3O4/c14-7-4-11-9(15)8(13-7)10(16)12-6-2-1-3-17-5-6/h6,8H,1-5H2,(H,11,15)(H,12,16)(H,13,14)/t6-,8+/m1/s1. The molecule has 3 amide bonds. The molecule has 0 aliphatic carbocycles. The second-order valence-corrected chi connectivity index (χ2v) is 4.14. The number of hydrogen-bond donors (Lipinski definition) is 3. The van der Waals surface area contributed by atoms with Crippen molar-refractivity contribution in [2.24, 2.45) is 0 Å². The van der Waals surface area contributed by atoms with Gasteiger partial charge in [0.1, 0.15) is 0 Å². The van der Waals surface area contributed by atoms with Crippen LogP contribution in [0.4, 0.5) is 0 Å². The second kappa shape index (κ2) is 5.13. The molecule has 2 rings (SSSR count). The molecule has 0 bridgehead atoms. The van der Waals surface area contributed by atoms with E-state index >= 15 is 0 Å². The molecule has 7 heteroatoms. The minimum absolute atomic E-state index is 0.0743. The summed E-state index contributed by atoms with van der Waals surface area (Å²) in [6, 6.07) is -1.21. The average molecular weight is 241 g/mol. The molecule has 2 atom stereocenters. The Morgan fingerprint density at radius 1 is 1.41 bits per heavy atom. The topological polar surface area (TPSA) is 96.5 Å². The first-order valence-electron chi connectivity index (χ1n) is 5.62. The summed E-state index contributed by atoms with van der Waals surface area (Å²) >= 11 is 0. The third-order valence-corrected chi connectivity index (χ3v) is 2.76. The van der Waals surface area contributed by atoms with Gasteiger partial charge in [0, 0.05) is 6.61 Å². The molecule has 2 saturated heterocycles. The molecule has 0 unspecified atom stereocenters. The van der Waals surface area contributed by atoms with Crippen molar-refractivity contribution in [1.29, 1.82) is 0 Å². The number of nitrogens with one attached hydrogen (secondary N) is 3. The van der Waals surface area contributed by atoms with Crippen LogP contribution in [-0.4, -0.2) is 49.6 Å². The zero-order valence-corrected chi connectivity index (χ0v) is 9.32. The van der Waals surface area contributed by atoms with Crippen LogP contribution in [0.1, 0.15) is 12.8 Å². The molecular weight excluding hydrogens is 226 g/mol. The summed E-state index contributed by atoms with van der Waals surface area (Å²) in [4.78, 5) is 34.3. The van der Waals surface area contributed by atoms with Gasteiger partial charge < -0.3 is 20.7 Å². The van der Waals surface area contributed by atoms with Gasteiger partial charge in [-0.15, -0.1) is 0 Å². The summed E-state index contributed by atoms with van der Waals surface area (Å²) in [6.07, 6.45) is 1.71. The van der Waals surface area contributed by atoms with E-state index in [9.17, 15) is 14.4 Å². The molecule has 3 N–H and O–H groups in total. The van der Waals surface area contributed by atoms with Crippen molar-refractivity contribution in [3.8, 4) is 0 Å². The first-order chi connectivity index (χ1) is 8.16. The maximum absolute atomic E-state index is 11.8. The van der Waals surface area contributed by atoms with E-state index in [0.717, 1.165) is 12.8 Å². The summed E-state index contributed by atoms with van der Waals surface area (Å²) < 4.78 is 5.22. The van der Waals surface area contributed by atoms with Gasteiger partial charge in [-0.05, 0) is 12.8 Å². The number of ether oxygens (including phenoxy) is 1. The van der Waals surface area contributed by atoms with Gasteiger partial charge >= 0.3 is 0 Å². The Labute approximate surface area is 98.3 Å². The smallest absolute Gasteiger partial charge is 0.252 e. The quantitative estimate of drug-likeness (QED) is 0.482. The minimum atomic E-state index is -1.13. The molecule has 0 aromatic heterocycles. The Bertz CT molecular complexity index is 338. The van der Waals surface area contributed by atoms with E-state index in [1.165, 1.54) is 0 Å². The monoisotopic (exact) mass is 241 g/mol. The molecule has 2 heterocycles. The van der Waals surface area contributed by atoms with Crippen LogP contribution in [0.2, 0.25) is 0 Å². The number of amides is 3. The van der Waals surface area contributed by atoms with Crippen molar-refractivity contribution in [3.63, 3.8) is 0 Å². The van der Waals surface area contributed by atoms with Crippen LogP contribution in [0.15, 0.2) is 0 Å². The largest absolute Gasteiger partial charge is 0.379 e. The Morgan fingerprint density at radius 3 is 2.94 bits per heavy atom. The SMILES string of the molecule is O=C1CNC(=O)[C@@H](C(=O)N[C@@H]2CCCOC2)N1. The van der Waals surface area contributed by atoms with Crippen molar-refractivity contribution in [3.05, 3.63) is 0 Å². The molecule has 0 saturated carbocycles. The first kappa shape index (κ1) is 11.8. The summed E-state index contributed by atoms with van der Waals surface area (Å²) in [7, 11) is 0. The fourth-order valence-corrected chi connectivity index (χ4v) is 1.87. The van der Waals surface area contributed by atoms with E-state index in [-0.39, 0.29) is 18.5 Å². The lowest BCUT2D eigenvalue weighted by Gasteiger charge is -2.27. The van der Waals surface area contributed by atoms with Crippen LogP contribution in [0.25, 0.3) is 0 Å². The van der Waals surface area contributed by atoms with Crippen molar-refractivity contribution >= 4 is 17.7 Å². The lowest BCUT2D eigenvalue weighted by Crippen LogP contribution is -2.63. The number of rotatable bonds is 2. The van der Waals surface area contributed by atoms with Gasteiger partial charge in [-0.25, -0.2) is 0 Å². The fourth-order valence-electron chi connectivity index (χ4n) is 1.87. The molecule has 2 aliphatic heterocycles. The van der Waals surface area contributed by atoms with Crippen LogP contribution >= 0.6 is 0 Å². The molecule has 0 spiro atoms. The molecule has 2 aliphatic rings. The van der Waals surface area contributed by atoms with Crippen LogP contribution in [-0.2, 0) is 19.1 Å². The molecule has 0 aromatic carbocycles. The molecule has 0 radical (unpaired) electrons. The van der Waals surface area contributed by atoms with Crippen LogP contribution < -0.4 is 16.0 Å². The molecule has 2 fully saturated rings. The number of piperazine rings is 1. The van der Waals surface area contributed by atoms with Crippen LogP contribution in [0, 0.1) is 0 Å². The van der Waals surface area contributed by atoms with Gasteiger partial charge in [0.15, 0.2) is 6.04 Å². The highest BCUT2D eigenvalue weighted by Crippen LogP contribution is 2.06. The van der Waals surface area contributed by atoms with E-state index in [1.807, 2.05) is 0 Å². The number of hydrogen-bond acceptors (Lipinski definition) is 4. The van der Waals surface area contributed by atoms with Crippen LogP contribution in [0.3, 0.4) is 0 Å². The third kappa shape index (κ3) is 2.94. The summed E-state index contributed by atoms with van der Waals surface area (Å²) in [5, 5.41) is 7.41. The van der Waals surface area contributed by atoms with E-state index in [2.05, 4.69) is 16.0 Å². The maximum atomic E-state index is 11.8. The van der Waals surface area contributed by atoms with Gasteiger partial charge in [0.25, 0.3) is 11.8 Å². The lowest BCUT2D eigenvalue weighted by atomic mass is 10.1. The van der Waals surface area contributed by atoms with Gasteiger partial charge in [0.05, 0.1) is 19.2 Å². The van der Waals surface area contributed by atoms with E-state index in [0.29, 0.717) is 13.2 Å². The Kier molecular flexibility index (Phi) is 3.58. The van der Waals surface area contributed by atoms with Gasteiger partial charge in [-0.2, -0.15) is 0 Å². The molecule has 17 heavy (non-hydrogen) atoms. The molecule has 0 aromatic rings. The van der Waals surface area contributed by atoms with E-state index < -0.39 is 17.9 Å². The molecular formula is C10H15N3O4. The Balaban J connectivity index is 1.89. The normalized spacial score (nSPS) is 29.2. The Hall–Kier alpha value is -1.63. The summed E-state index contributed by atoms with van der Waals surface area (Å²) in [6.45, 7) is 1.08. The minimum Gasteiger partial charge on any atom is -0.379 e. The van der Waals surface area contributed by atoms with Gasteiger partial charge in [-0.1, -0.05) is 0 Å². The summed E-state index contributed by atoms with van der Waals surface area (Å²) in [5.74, 6) is -1.31. The van der Waals surface area contributed by atoms with Gasteiger partial charge in [0.2, 0.25) is 5.91 Å². The highest BCUT2D eigenvalue weighted by molar-refractivity contribution is 6.09. The highest BCUT2D eigenvalue weighted by Gasteiger charge is 2.33. The lowest BCUT2D eigenvalue weighted by molar-refractivity contribution is -0.140. The van der Waals surface area contributed by atoms with Crippen molar-refractivity contribution in [2.45, 2.75) is 24.9 Å². The highest BCUT2D eigenvalue weighted by atomic mass is 16.5. The average Bonchev–Trinajstić information content (AvgIpc) is 2.33. The zero-order valence-electron chi connectivity index (χ0n) is 9.32. The number of carbonyl (C=O) groups excluding carboxylic acids is 3. The number of carbonyl (C=O) groups is 3. The van der Waals surface area contributed by atoms with Crippen molar-refractivity contribution < 1.29 is 19.1 Å². The van der Waals surface area contributed by atoms with Crippen molar-refractivity contribution in [1.82, 2.24) is 16.0 Å². The third-order valence-electron chi connectivity index (χ3n) is 2.76. The molecule has 7 nitrogen and oxygen atoms in total. The first-order valence-corrected chi connectivity index (χ1v) is 5.62. The van der Waals surface area contributed by atoms with Crippen molar-refractivity contribution in [2.75, 3.05) is 19.8 Å². The predicted molar refractivity (Wildman–Crippen MR) is 56.9 cm³/mol. The van der Waals surface area contributed by atoms with E-state index in [4.69, 9.17) is 4.74 Å². The summed E-state index contributed by atoms with van der Waals surface area (Å²) in [5.41, 5.74) is 0. The second-order valence-electron chi connectivity index (χ2n) is 4.14. The zero-order chi connectivity index (χ0) is 12.3.